The number of nitrogens with two attached hydrogens (primary N) is 1. The number of carbonyl (C=O) groups is 1. The van der Waals surface area contributed by atoms with E-state index in [1.54, 1.807) is 6.08 Å². The Kier molecular flexibility index (Phi) is 2.19. The average Bonchev–Trinajstić information content (AvgIpc) is 2.39. The minimum Gasteiger partial charge on any atom is -0.366 e. The number of allylic oxidation sites excluding steroid dienone is 8. The van der Waals surface area contributed by atoms with Crippen LogP contribution in [0.15, 0.2) is 59.3 Å². The third kappa shape index (κ3) is 1.59. The van der Waals surface area contributed by atoms with Crippen molar-refractivity contribution in [3.63, 3.8) is 0 Å². The van der Waals surface area contributed by atoms with Gasteiger partial charge in [-0.25, -0.2) is 0 Å². The van der Waals surface area contributed by atoms with Gasteiger partial charge in [0.2, 0.25) is 5.91 Å². The number of hydrogen-bond acceptors (Lipinski definition) is 1. The van der Waals surface area contributed by atoms with E-state index in [4.69, 9.17) is 5.73 Å². The summed E-state index contributed by atoms with van der Waals surface area (Å²) in [6, 6.07) is 0. The second-order valence-corrected chi connectivity index (χ2v) is 3.27. The Bertz CT molecular complexity index is 420. The van der Waals surface area contributed by atoms with Crippen molar-refractivity contribution >= 4 is 5.91 Å². The number of amides is 1. The smallest absolute Gasteiger partial charge is 0.248 e. The normalized spacial score (nSPS) is 19.0. The van der Waals surface area contributed by atoms with Crippen LogP contribution in [0.2, 0.25) is 0 Å². The molecule has 2 N–H and O–H groups in total. The van der Waals surface area contributed by atoms with E-state index >= 15 is 0 Å². The minimum absolute atomic E-state index is 0.377. The number of fused-ring (bicyclic) bond motifs is 1. The maximum Gasteiger partial charge on any atom is 0.248 e. The second-order valence-electron chi connectivity index (χ2n) is 3.27. The van der Waals surface area contributed by atoms with Crippen LogP contribution in [0.5, 0.6) is 0 Å². The van der Waals surface area contributed by atoms with Crippen LogP contribution in [-0.4, -0.2) is 5.91 Å². The third-order valence-electron chi connectivity index (χ3n) is 2.29. The van der Waals surface area contributed by atoms with E-state index < -0.39 is 0 Å². The van der Waals surface area contributed by atoms with Gasteiger partial charge in [-0.2, -0.15) is 0 Å². The van der Waals surface area contributed by atoms with Crippen molar-refractivity contribution in [2.24, 2.45) is 5.73 Å². The number of rotatable bonds is 1. The van der Waals surface area contributed by atoms with Gasteiger partial charge in [-0.05, 0) is 29.7 Å². The molecule has 0 radical (unpaired) electrons. The van der Waals surface area contributed by atoms with Gasteiger partial charge in [-0.1, -0.05) is 30.4 Å². The molecule has 2 rings (SSSR count). The molecule has 0 aromatic rings. The van der Waals surface area contributed by atoms with Crippen LogP contribution in [0.25, 0.3) is 0 Å². The second kappa shape index (κ2) is 3.50. The summed E-state index contributed by atoms with van der Waals surface area (Å²) < 4.78 is 0. The highest BCUT2D eigenvalue weighted by Gasteiger charge is 2.09. The molecule has 0 bridgehead atoms. The number of hydrogen-bond donors (Lipinski definition) is 1. The Morgan fingerprint density at radius 1 is 1.29 bits per heavy atom. The zero-order valence-electron chi connectivity index (χ0n) is 7.73. The van der Waals surface area contributed by atoms with Crippen LogP contribution in [0.1, 0.15) is 6.42 Å². The van der Waals surface area contributed by atoms with Gasteiger partial charge in [0.25, 0.3) is 0 Å². The van der Waals surface area contributed by atoms with E-state index in [1.807, 2.05) is 30.4 Å². The van der Waals surface area contributed by atoms with Crippen molar-refractivity contribution in [1.29, 1.82) is 0 Å². The molecule has 14 heavy (non-hydrogen) atoms. The standard InChI is InChI=1S/C12H11NO/c13-12(14)11-7-3-6-9-4-1-2-5-10(9)8-11/h1-4,6-8H,5H2,(H2,13,14). The summed E-state index contributed by atoms with van der Waals surface area (Å²) in [6.07, 6.45) is 14.4. The highest BCUT2D eigenvalue weighted by molar-refractivity contribution is 5.95. The summed E-state index contributed by atoms with van der Waals surface area (Å²) in [6.45, 7) is 0. The highest BCUT2D eigenvalue weighted by atomic mass is 16.1. The number of carbonyl (C=O) groups excluding carboxylic acids is 1. The van der Waals surface area contributed by atoms with Crippen LogP contribution in [0.3, 0.4) is 0 Å². The monoisotopic (exact) mass is 185 g/mol. The molecule has 2 heteroatoms. The quantitative estimate of drug-likeness (QED) is 0.664. The van der Waals surface area contributed by atoms with Crippen molar-refractivity contribution in [3.05, 3.63) is 59.3 Å². The summed E-state index contributed by atoms with van der Waals surface area (Å²) in [7, 11) is 0. The van der Waals surface area contributed by atoms with Crippen molar-refractivity contribution in [2.45, 2.75) is 6.42 Å². The molecule has 0 unspecified atom stereocenters. The summed E-state index contributed by atoms with van der Waals surface area (Å²) in [5.41, 5.74) is 8.10. The molecule has 2 aliphatic carbocycles. The molecule has 0 saturated carbocycles. The van der Waals surface area contributed by atoms with Crippen molar-refractivity contribution in [1.82, 2.24) is 0 Å². The van der Waals surface area contributed by atoms with Crippen LogP contribution < -0.4 is 5.73 Å². The molecule has 0 spiro atoms. The van der Waals surface area contributed by atoms with E-state index in [2.05, 4.69) is 6.08 Å². The highest BCUT2D eigenvalue weighted by Crippen LogP contribution is 2.24. The Labute approximate surface area is 82.8 Å². The third-order valence-corrected chi connectivity index (χ3v) is 2.29. The molecule has 70 valence electrons. The molecule has 0 aliphatic heterocycles. The average molecular weight is 185 g/mol. The molecular formula is C12H11NO. The Hall–Kier alpha value is -1.83. The van der Waals surface area contributed by atoms with Crippen LogP contribution in [0.4, 0.5) is 0 Å². The first kappa shape index (κ1) is 8.75. The van der Waals surface area contributed by atoms with Crippen LogP contribution in [-0.2, 0) is 4.79 Å². The molecule has 2 aliphatic rings. The van der Waals surface area contributed by atoms with E-state index in [0.717, 1.165) is 17.6 Å². The topological polar surface area (TPSA) is 43.1 Å². The van der Waals surface area contributed by atoms with E-state index in [9.17, 15) is 4.79 Å². The first-order chi connectivity index (χ1) is 6.77. The fourth-order valence-corrected chi connectivity index (χ4v) is 1.54. The fourth-order valence-electron chi connectivity index (χ4n) is 1.54. The zero-order chi connectivity index (χ0) is 9.97. The summed E-state index contributed by atoms with van der Waals surface area (Å²) in [5, 5.41) is 0. The van der Waals surface area contributed by atoms with Crippen LogP contribution >= 0.6 is 0 Å². The van der Waals surface area contributed by atoms with Gasteiger partial charge in [-0.3, -0.25) is 4.79 Å². The Balaban J connectivity index is 2.43. The van der Waals surface area contributed by atoms with Gasteiger partial charge in [0, 0.05) is 5.57 Å². The first-order valence-corrected chi connectivity index (χ1v) is 4.53. The van der Waals surface area contributed by atoms with Gasteiger partial charge >= 0.3 is 0 Å². The molecule has 0 aromatic carbocycles. The lowest BCUT2D eigenvalue weighted by Crippen LogP contribution is -2.12. The molecule has 0 aromatic heterocycles. The largest absolute Gasteiger partial charge is 0.366 e. The SMILES string of the molecule is NC(=O)C1=CC=CC2=CC=CCC2=C1. The van der Waals surface area contributed by atoms with E-state index in [-0.39, 0.29) is 5.91 Å². The van der Waals surface area contributed by atoms with Gasteiger partial charge in [-0.15, -0.1) is 0 Å². The maximum absolute atomic E-state index is 11.0. The summed E-state index contributed by atoms with van der Waals surface area (Å²) in [4.78, 5) is 11.0. The Morgan fingerprint density at radius 3 is 2.93 bits per heavy atom. The zero-order valence-corrected chi connectivity index (χ0v) is 7.73. The predicted molar refractivity (Wildman–Crippen MR) is 56.3 cm³/mol. The molecule has 0 fully saturated rings. The molecule has 0 saturated heterocycles. The maximum atomic E-state index is 11.0. The fraction of sp³-hybridized carbons (Fsp3) is 0.0833. The predicted octanol–water partition coefficient (Wildman–Crippen LogP) is 1.78. The lowest BCUT2D eigenvalue weighted by molar-refractivity contribution is -0.114. The van der Waals surface area contributed by atoms with E-state index in [0.29, 0.717) is 5.57 Å². The van der Waals surface area contributed by atoms with Gasteiger partial charge < -0.3 is 5.73 Å². The Morgan fingerprint density at radius 2 is 2.14 bits per heavy atom. The minimum atomic E-state index is -0.377. The lowest BCUT2D eigenvalue weighted by Gasteiger charge is -2.08. The lowest BCUT2D eigenvalue weighted by atomic mass is 9.97. The van der Waals surface area contributed by atoms with Gasteiger partial charge in [0.1, 0.15) is 0 Å². The first-order valence-electron chi connectivity index (χ1n) is 4.53. The molecule has 1 amide bonds. The van der Waals surface area contributed by atoms with Crippen molar-refractivity contribution < 1.29 is 4.79 Å². The van der Waals surface area contributed by atoms with Gasteiger partial charge in [0.15, 0.2) is 0 Å². The van der Waals surface area contributed by atoms with Crippen molar-refractivity contribution in [3.8, 4) is 0 Å². The summed E-state index contributed by atoms with van der Waals surface area (Å²) >= 11 is 0. The van der Waals surface area contributed by atoms with Crippen molar-refractivity contribution in [2.75, 3.05) is 0 Å². The van der Waals surface area contributed by atoms with Crippen LogP contribution in [0, 0.1) is 0 Å². The van der Waals surface area contributed by atoms with E-state index in [1.165, 1.54) is 0 Å². The summed E-state index contributed by atoms with van der Waals surface area (Å²) in [5.74, 6) is -0.377. The van der Waals surface area contributed by atoms with Gasteiger partial charge in [0.05, 0.1) is 0 Å². The molecule has 0 atom stereocenters. The number of primary amides is 1. The molecule has 2 nitrogen and oxygen atoms in total. The molecular weight excluding hydrogens is 174 g/mol. The molecule has 0 heterocycles.